The van der Waals surface area contributed by atoms with Crippen molar-refractivity contribution in [3.63, 3.8) is 0 Å². The molecule has 3 aromatic rings. The van der Waals surface area contributed by atoms with Gasteiger partial charge in [-0.15, -0.1) is 0 Å². The van der Waals surface area contributed by atoms with Crippen molar-refractivity contribution < 1.29 is 14.3 Å². The van der Waals surface area contributed by atoms with E-state index in [9.17, 15) is 14.4 Å². The molecule has 1 atom stereocenters. The number of ether oxygens (including phenoxy) is 1. The summed E-state index contributed by atoms with van der Waals surface area (Å²) in [5.74, 6) is -0.788. The molecular weight excluding hydrogens is 402 g/mol. The average Bonchev–Trinajstić information content (AvgIpc) is 2.73. The number of rotatable bonds is 6. The van der Waals surface area contributed by atoms with E-state index in [1.54, 1.807) is 31.2 Å². The molecule has 0 aliphatic heterocycles. The second-order valence-electron chi connectivity index (χ2n) is 6.95. The van der Waals surface area contributed by atoms with Gasteiger partial charge < -0.3 is 10.1 Å². The zero-order valence-corrected chi connectivity index (χ0v) is 18.1. The van der Waals surface area contributed by atoms with Crippen LogP contribution in [0.1, 0.15) is 18.1 Å². The molecular formula is C22H23N3O4S. The topological polar surface area (TPSA) is 90.3 Å². The first-order valence-corrected chi connectivity index (χ1v) is 10.3. The van der Waals surface area contributed by atoms with Gasteiger partial charge in [-0.2, -0.15) is 0 Å². The summed E-state index contributed by atoms with van der Waals surface area (Å²) >= 11 is 1.12. The average molecular weight is 426 g/mol. The molecule has 3 rings (SSSR count). The van der Waals surface area contributed by atoms with Crippen LogP contribution in [0.2, 0.25) is 0 Å². The van der Waals surface area contributed by atoms with E-state index in [1.807, 2.05) is 32.0 Å². The van der Waals surface area contributed by atoms with E-state index < -0.39 is 11.2 Å². The van der Waals surface area contributed by atoms with Gasteiger partial charge in [-0.3, -0.25) is 19.0 Å². The molecule has 7 nitrogen and oxygen atoms in total. The van der Waals surface area contributed by atoms with Crippen LogP contribution < -0.4 is 10.9 Å². The lowest BCUT2D eigenvalue weighted by molar-refractivity contribution is -0.141. The summed E-state index contributed by atoms with van der Waals surface area (Å²) in [6.07, 6.45) is 0. The molecule has 1 aromatic heterocycles. The number of amides is 1. The van der Waals surface area contributed by atoms with Crippen LogP contribution in [0, 0.1) is 13.8 Å². The first-order valence-electron chi connectivity index (χ1n) is 9.41. The summed E-state index contributed by atoms with van der Waals surface area (Å²) in [7, 11) is 1.26. The number of nitrogens with one attached hydrogen (secondary N) is 1. The van der Waals surface area contributed by atoms with Crippen molar-refractivity contribution in [1.82, 2.24) is 9.55 Å². The number of hydrogen-bond donors (Lipinski definition) is 1. The number of carbonyl (C=O) groups excluding carboxylic acids is 2. The number of nitrogens with zero attached hydrogens (tertiary/aromatic N) is 2. The molecule has 0 aliphatic carbocycles. The molecule has 2 aromatic carbocycles. The third-order valence-corrected chi connectivity index (χ3v) is 5.73. The van der Waals surface area contributed by atoms with E-state index >= 15 is 0 Å². The minimum absolute atomic E-state index is 0.222. The standard InChI is InChI=1S/C22H23N3O4S/c1-13-9-10-14(2)18(11-13)23-20(27)15(3)30-22-24-17-8-6-5-7-16(17)21(28)25(22)12-19(26)29-4/h5-11,15H,12H2,1-4H3,(H,23,27)/t15-/m0/s1. The van der Waals surface area contributed by atoms with Gasteiger partial charge in [0.15, 0.2) is 5.16 Å². The van der Waals surface area contributed by atoms with Crippen LogP contribution >= 0.6 is 11.8 Å². The van der Waals surface area contributed by atoms with E-state index in [2.05, 4.69) is 10.3 Å². The molecule has 0 fully saturated rings. The fraction of sp³-hybridized carbons (Fsp3) is 0.273. The van der Waals surface area contributed by atoms with Crippen molar-refractivity contribution in [2.45, 2.75) is 37.7 Å². The van der Waals surface area contributed by atoms with Crippen LogP contribution in [-0.2, 0) is 20.9 Å². The highest BCUT2D eigenvalue weighted by molar-refractivity contribution is 8.00. The lowest BCUT2D eigenvalue weighted by Crippen LogP contribution is -2.29. The molecule has 0 aliphatic rings. The number of hydrogen-bond acceptors (Lipinski definition) is 6. The van der Waals surface area contributed by atoms with Gasteiger partial charge >= 0.3 is 5.97 Å². The van der Waals surface area contributed by atoms with Crippen molar-refractivity contribution in [3.05, 3.63) is 63.9 Å². The lowest BCUT2D eigenvalue weighted by atomic mass is 10.1. The van der Waals surface area contributed by atoms with Crippen LogP contribution in [0.5, 0.6) is 0 Å². The van der Waals surface area contributed by atoms with Gasteiger partial charge in [0.05, 0.1) is 23.3 Å². The van der Waals surface area contributed by atoms with Crippen LogP contribution in [0.4, 0.5) is 5.69 Å². The molecule has 0 radical (unpaired) electrons. The Morgan fingerprint density at radius 3 is 2.67 bits per heavy atom. The molecule has 8 heteroatoms. The molecule has 0 saturated carbocycles. The quantitative estimate of drug-likeness (QED) is 0.370. The van der Waals surface area contributed by atoms with Crippen molar-refractivity contribution in [2.24, 2.45) is 0 Å². The number of aromatic nitrogens is 2. The maximum absolute atomic E-state index is 12.9. The van der Waals surface area contributed by atoms with Gasteiger partial charge in [0.2, 0.25) is 5.91 Å². The molecule has 1 heterocycles. The van der Waals surface area contributed by atoms with E-state index in [4.69, 9.17) is 4.74 Å². The van der Waals surface area contributed by atoms with Crippen LogP contribution in [0.15, 0.2) is 52.4 Å². The second kappa shape index (κ2) is 9.13. The van der Waals surface area contributed by atoms with Crippen LogP contribution in [0.25, 0.3) is 10.9 Å². The predicted octanol–water partition coefficient (Wildman–Crippen LogP) is 3.31. The molecule has 0 unspecified atom stereocenters. The molecule has 0 spiro atoms. The Bertz CT molecular complexity index is 1170. The van der Waals surface area contributed by atoms with E-state index in [-0.39, 0.29) is 23.2 Å². The maximum atomic E-state index is 12.9. The lowest BCUT2D eigenvalue weighted by Gasteiger charge is -2.16. The molecule has 0 saturated heterocycles. The Hall–Kier alpha value is -3.13. The number of benzene rings is 2. The van der Waals surface area contributed by atoms with E-state index in [1.165, 1.54) is 11.7 Å². The van der Waals surface area contributed by atoms with Gasteiger partial charge in [-0.05, 0) is 50.1 Å². The zero-order chi connectivity index (χ0) is 21.8. The summed E-state index contributed by atoms with van der Waals surface area (Å²) in [6.45, 7) is 5.33. The summed E-state index contributed by atoms with van der Waals surface area (Å²) in [6, 6.07) is 12.7. The largest absolute Gasteiger partial charge is 0.468 e. The smallest absolute Gasteiger partial charge is 0.325 e. The van der Waals surface area contributed by atoms with Crippen LogP contribution in [-0.4, -0.2) is 33.8 Å². The number of fused-ring (bicyclic) bond motifs is 1. The van der Waals surface area contributed by atoms with Crippen molar-refractivity contribution in [3.8, 4) is 0 Å². The summed E-state index contributed by atoms with van der Waals surface area (Å²) in [5, 5.41) is 3.06. The Morgan fingerprint density at radius 2 is 1.93 bits per heavy atom. The van der Waals surface area contributed by atoms with E-state index in [0.29, 0.717) is 10.9 Å². The summed E-state index contributed by atoms with van der Waals surface area (Å²) in [4.78, 5) is 42.1. The highest BCUT2D eigenvalue weighted by Crippen LogP contribution is 2.25. The summed E-state index contributed by atoms with van der Waals surface area (Å²) < 4.78 is 5.97. The Labute approximate surface area is 178 Å². The fourth-order valence-corrected chi connectivity index (χ4v) is 3.80. The minimum atomic E-state index is -0.566. The van der Waals surface area contributed by atoms with Gasteiger partial charge in [0.1, 0.15) is 6.54 Å². The number of anilines is 1. The monoisotopic (exact) mass is 425 g/mol. The second-order valence-corrected chi connectivity index (χ2v) is 8.25. The normalized spacial score (nSPS) is 11.9. The molecule has 1 N–H and O–H groups in total. The van der Waals surface area contributed by atoms with Crippen LogP contribution in [0.3, 0.4) is 0 Å². The van der Waals surface area contributed by atoms with Gasteiger partial charge in [-0.25, -0.2) is 4.98 Å². The number of thioether (sulfide) groups is 1. The highest BCUT2D eigenvalue weighted by atomic mass is 32.2. The fourth-order valence-electron chi connectivity index (χ4n) is 2.89. The van der Waals surface area contributed by atoms with Crippen molar-refractivity contribution >= 4 is 40.2 Å². The number of carbonyl (C=O) groups is 2. The van der Waals surface area contributed by atoms with Gasteiger partial charge in [0.25, 0.3) is 5.56 Å². The zero-order valence-electron chi connectivity index (χ0n) is 17.3. The number of esters is 1. The van der Waals surface area contributed by atoms with Crippen molar-refractivity contribution in [1.29, 1.82) is 0 Å². The molecule has 0 bridgehead atoms. The first-order chi connectivity index (χ1) is 14.3. The Balaban J connectivity index is 1.92. The van der Waals surface area contributed by atoms with E-state index in [0.717, 1.165) is 28.6 Å². The minimum Gasteiger partial charge on any atom is -0.468 e. The van der Waals surface area contributed by atoms with Gasteiger partial charge in [-0.1, -0.05) is 36.0 Å². The Morgan fingerprint density at radius 1 is 1.20 bits per heavy atom. The number of methoxy groups -OCH3 is 1. The predicted molar refractivity (Wildman–Crippen MR) is 118 cm³/mol. The summed E-state index contributed by atoms with van der Waals surface area (Å²) in [5.41, 5.74) is 2.90. The number of aryl methyl sites for hydroxylation is 2. The third kappa shape index (κ3) is 4.71. The van der Waals surface area contributed by atoms with Gasteiger partial charge in [0, 0.05) is 5.69 Å². The highest BCUT2D eigenvalue weighted by Gasteiger charge is 2.21. The van der Waals surface area contributed by atoms with Crippen molar-refractivity contribution in [2.75, 3.05) is 12.4 Å². The third-order valence-electron chi connectivity index (χ3n) is 4.64. The molecule has 30 heavy (non-hydrogen) atoms. The SMILES string of the molecule is COC(=O)Cn1c(S[C@@H](C)C(=O)Nc2cc(C)ccc2C)nc2ccccc2c1=O. The Kier molecular flexibility index (Phi) is 6.56. The number of para-hydroxylation sites is 1. The first kappa shape index (κ1) is 21.6. The molecule has 156 valence electrons. The maximum Gasteiger partial charge on any atom is 0.325 e. The molecule has 1 amide bonds.